The van der Waals surface area contributed by atoms with Crippen LogP contribution in [0.5, 0.6) is 0 Å². The second kappa shape index (κ2) is 3.48. The molecule has 0 amide bonds. The molecule has 0 saturated heterocycles. The summed E-state index contributed by atoms with van der Waals surface area (Å²) < 4.78 is 98.8. The van der Waals surface area contributed by atoms with Crippen LogP contribution in [0.25, 0.3) is 0 Å². The maximum Gasteiger partial charge on any atom is 0.378 e. The van der Waals surface area contributed by atoms with Crippen molar-refractivity contribution in [3.63, 3.8) is 0 Å². The molecule has 0 nitrogen and oxygen atoms in total. The second-order valence-corrected chi connectivity index (χ2v) is 3.10. The van der Waals surface area contributed by atoms with Crippen molar-refractivity contribution in [2.24, 2.45) is 0 Å². The molecule has 0 spiro atoms. The molecule has 0 aromatic rings. The van der Waals surface area contributed by atoms with E-state index in [9.17, 15) is 35.1 Å². The summed E-state index contributed by atoms with van der Waals surface area (Å²) in [5.74, 6) is -22.6. The molecule has 0 bridgehead atoms. The first kappa shape index (κ1) is 14.4. The van der Waals surface area contributed by atoms with E-state index in [1.807, 2.05) is 0 Å². The lowest BCUT2D eigenvalue weighted by atomic mass is 9.98. The Morgan fingerprint density at radius 1 is 0.733 bits per heavy atom. The minimum atomic E-state index is -6.10. The van der Waals surface area contributed by atoms with Gasteiger partial charge in [-0.3, -0.25) is 0 Å². The van der Waals surface area contributed by atoms with Gasteiger partial charge >= 0.3 is 23.7 Å². The molecule has 0 saturated carbocycles. The molecule has 0 aliphatic heterocycles. The normalized spacial score (nSPS) is 15.6. The summed E-state index contributed by atoms with van der Waals surface area (Å²) in [6.07, 6.45) is -1.66. The molecular weight excluding hydrogens is 236 g/mol. The Bertz CT molecular complexity index is 226. The highest BCUT2D eigenvalue weighted by Gasteiger charge is 2.78. The molecule has 0 N–H and O–H groups in total. The van der Waals surface area contributed by atoms with Gasteiger partial charge in [-0.1, -0.05) is 6.92 Å². The van der Waals surface area contributed by atoms with E-state index in [0.29, 0.717) is 6.92 Å². The zero-order valence-corrected chi connectivity index (χ0v) is 7.73. The first-order valence-electron chi connectivity index (χ1n) is 3.82. The third-order valence-corrected chi connectivity index (χ3v) is 1.85. The Balaban J connectivity index is 5.38. The van der Waals surface area contributed by atoms with Crippen molar-refractivity contribution in [1.82, 2.24) is 0 Å². The number of alkyl halides is 8. The van der Waals surface area contributed by atoms with Gasteiger partial charge in [-0.25, -0.2) is 0 Å². The van der Waals surface area contributed by atoms with E-state index in [1.165, 1.54) is 0 Å². The number of hydrogen-bond donors (Lipinski definition) is 0. The molecule has 15 heavy (non-hydrogen) atoms. The lowest BCUT2D eigenvalue weighted by molar-refractivity contribution is -0.362. The Morgan fingerprint density at radius 2 is 1.07 bits per heavy atom. The number of rotatable bonds is 4. The number of hydrogen-bond acceptors (Lipinski definition) is 0. The van der Waals surface area contributed by atoms with Gasteiger partial charge in [0.15, 0.2) is 0 Å². The molecule has 0 aliphatic carbocycles. The average molecular weight is 244 g/mol. The largest absolute Gasteiger partial charge is 0.378 e. The summed E-state index contributed by atoms with van der Waals surface area (Å²) in [7, 11) is 0. The molecule has 0 aromatic carbocycles. The van der Waals surface area contributed by atoms with Crippen LogP contribution >= 0.6 is 0 Å². The van der Waals surface area contributed by atoms with E-state index in [2.05, 4.69) is 0 Å². The van der Waals surface area contributed by atoms with Crippen molar-refractivity contribution in [2.45, 2.75) is 44.0 Å². The standard InChI is InChI=1S/C7H8F8/c1-3-5(10,11)7(14,15)6(12,13)4(2,8)9/h3H2,1-2H3. The first-order valence-corrected chi connectivity index (χ1v) is 3.82. The zero-order valence-electron chi connectivity index (χ0n) is 7.73. The van der Waals surface area contributed by atoms with Gasteiger partial charge in [-0.05, 0) is 0 Å². The molecule has 0 aliphatic rings. The van der Waals surface area contributed by atoms with Gasteiger partial charge in [-0.15, -0.1) is 0 Å². The predicted molar refractivity (Wildman–Crippen MR) is 35.8 cm³/mol. The SMILES string of the molecule is CCC(F)(F)C(F)(F)C(F)(F)C(C)(F)F. The lowest BCUT2D eigenvalue weighted by Crippen LogP contribution is -2.61. The maximum atomic E-state index is 12.5. The fourth-order valence-electron chi connectivity index (χ4n) is 0.727. The van der Waals surface area contributed by atoms with Crippen LogP contribution in [0.1, 0.15) is 20.3 Å². The summed E-state index contributed by atoms with van der Waals surface area (Å²) in [6.45, 7) is -0.0373. The quantitative estimate of drug-likeness (QED) is 0.656. The predicted octanol–water partition coefficient (Wildman–Crippen LogP) is 3.96. The minimum Gasteiger partial charge on any atom is -0.200 e. The summed E-state index contributed by atoms with van der Waals surface area (Å²) in [5.41, 5.74) is 0. The van der Waals surface area contributed by atoms with Crippen LogP contribution in [0.4, 0.5) is 35.1 Å². The molecule has 0 heterocycles. The molecule has 0 aromatic heterocycles. The van der Waals surface area contributed by atoms with Gasteiger partial charge in [0, 0.05) is 13.3 Å². The second-order valence-electron chi connectivity index (χ2n) is 3.10. The van der Waals surface area contributed by atoms with Crippen LogP contribution in [-0.4, -0.2) is 23.7 Å². The smallest absolute Gasteiger partial charge is 0.200 e. The Labute approximate surface area is 80.3 Å². The summed E-state index contributed by atoms with van der Waals surface area (Å²) in [6, 6.07) is 0. The van der Waals surface area contributed by atoms with Gasteiger partial charge in [-0.2, -0.15) is 35.1 Å². The Kier molecular flexibility index (Phi) is 3.35. The molecule has 92 valence electrons. The van der Waals surface area contributed by atoms with Crippen molar-refractivity contribution < 1.29 is 35.1 Å². The van der Waals surface area contributed by atoms with Crippen LogP contribution in [0.2, 0.25) is 0 Å². The molecule has 0 atom stereocenters. The first-order chi connectivity index (χ1) is 6.31. The van der Waals surface area contributed by atoms with Crippen molar-refractivity contribution in [2.75, 3.05) is 0 Å². The molecule has 0 radical (unpaired) electrons. The number of halogens is 8. The van der Waals surface area contributed by atoms with Gasteiger partial charge in [0.1, 0.15) is 0 Å². The van der Waals surface area contributed by atoms with Crippen molar-refractivity contribution in [3.05, 3.63) is 0 Å². The lowest BCUT2D eigenvalue weighted by Gasteiger charge is -2.35. The molecule has 0 unspecified atom stereocenters. The zero-order chi connectivity index (χ0) is 12.7. The van der Waals surface area contributed by atoms with E-state index >= 15 is 0 Å². The van der Waals surface area contributed by atoms with Crippen LogP contribution in [0.3, 0.4) is 0 Å². The van der Waals surface area contributed by atoms with Crippen LogP contribution in [0, 0.1) is 0 Å². The maximum absolute atomic E-state index is 12.5. The highest BCUT2D eigenvalue weighted by Crippen LogP contribution is 2.53. The van der Waals surface area contributed by atoms with Gasteiger partial charge in [0.05, 0.1) is 0 Å². The van der Waals surface area contributed by atoms with Crippen molar-refractivity contribution in [1.29, 1.82) is 0 Å². The molecule has 0 rings (SSSR count). The van der Waals surface area contributed by atoms with E-state index in [0.717, 1.165) is 0 Å². The third-order valence-electron chi connectivity index (χ3n) is 1.85. The summed E-state index contributed by atoms with van der Waals surface area (Å²) in [5, 5.41) is 0. The Hall–Kier alpha value is -0.560. The van der Waals surface area contributed by atoms with Gasteiger partial charge in [0.2, 0.25) is 0 Å². The Morgan fingerprint density at radius 3 is 1.27 bits per heavy atom. The third kappa shape index (κ3) is 2.03. The fraction of sp³-hybridized carbons (Fsp3) is 1.00. The van der Waals surface area contributed by atoms with Crippen molar-refractivity contribution in [3.8, 4) is 0 Å². The fourth-order valence-corrected chi connectivity index (χ4v) is 0.727. The van der Waals surface area contributed by atoms with Crippen LogP contribution < -0.4 is 0 Å². The summed E-state index contributed by atoms with van der Waals surface area (Å²) >= 11 is 0. The molecular formula is C7H8F8. The van der Waals surface area contributed by atoms with E-state index < -0.39 is 37.0 Å². The molecule has 0 fully saturated rings. The monoisotopic (exact) mass is 244 g/mol. The van der Waals surface area contributed by atoms with Crippen molar-refractivity contribution >= 4 is 0 Å². The topological polar surface area (TPSA) is 0 Å². The van der Waals surface area contributed by atoms with E-state index in [1.54, 1.807) is 0 Å². The summed E-state index contributed by atoms with van der Waals surface area (Å²) in [4.78, 5) is 0. The van der Waals surface area contributed by atoms with E-state index in [-0.39, 0.29) is 0 Å². The van der Waals surface area contributed by atoms with E-state index in [4.69, 9.17) is 0 Å². The van der Waals surface area contributed by atoms with Crippen LogP contribution in [-0.2, 0) is 0 Å². The van der Waals surface area contributed by atoms with Gasteiger partial charge < -0.3 is 0 Å². The highest BCUT2D eigenvalue weighted by molar-refractivity contribution is 5.01. The molecule has 8 heteroatoms. The van der Waals surface area contributed by atoms with Crippen LogP contribution in [0.15, 0.2) is 0 Å². The average Bonchev–Trinajstić information content (AvgIpc) is 2.01. The minimum absolute atomic E-state index is 0.498. The highest BCUT2D eigenvalue weighted by atomic mass is 19.4. The van der Waals surface area contributed by atoms with Gasteiger partial charge in [0.25, 0.3) is 0 Å².